The predicted octanol–water partition coefficient (Wildman–Crippen LogP) is 2.90. The van der Waals surface area contributed by atoms with Crippen LogP contribution in [0.15, 0.2) is 30.3 Å². The monoisotopic (exact) mass is 274 g/mol. The quantitative estimate of drug-likeness (QED) is 0.681. The lowest BCUT2D eigenvalue weighted by Crippen LogP contribution is -2.35. The summed E-state index contributed by atoms with van der Waals surface area (Å²) >= 11 is 0. The second kappa shape index (κ2) is 8.73. The van der Waals surface area contributed by atoms with Crippen LogP contribution in [0.25, 0.3) is 0 Å². The summed E-state index contributed by atoms with van der Waals surface area (Å²) in [4.78, 5) is 0. The number of hydrogen-bond donors (Lipinski definition) is 2. The van der Waals surface area contributed by atoms with Crippen LogP contribution in [0.2, 0.25) is 0 Å². The van der Waals surface area contributed by atoms with Crippen LogP contribution in [-0.4, -0.2) is 24.3 Å². The highest BCUT2D eigenvalue weighted by Crippen LogP contribution is 2.21. The highest BCUT2D eigenvalue weighted by molar-refractivity contribution is 5.15. The van der Waals surface area contributed by atoms with E-state index < -0.39 is 0 Å². The van der Waals surface area contributed by atoms with E-state index in [1.54, 1.807) is 0 Å². The first kappa shape index (κ1) is 16.7. The molecule has 3 nitrogen and oxygen atoms in total. The molecule has 1 atom stereocenters. The van der Waals surface area contributed by atoms with Gasteiger partial charge in [0, 0.05) is 6.04 Å². The second-order valence-electron chi connectivity index (χ2n) is 5.98. The van der Waals surface area contributed by atoms with Crippen molar-refractivity contribution < 1.29 is 5.11 Å². The molecule has 0 saturated heterocycles. The molecule has 0 saturated carbocycles. The molecule has 0 aromatic heterocycles. The Bertz CT molecular complexity index is 409. The molecule has 0 fully saturated rings. The first-order valence-electron chi connectivity index (χ1n) is 7.37. The van der Waals surface area contributed by atoms with Crippen molar-refractivity contribution in [1.82, 2.24) is 5.32 Å². The van der Waals surface area contributed by atoms with Gasteiger partial charge in [0.05, 0.1) is 18.1 Å². The lowest BCUT2D eigenvalue weighted by Gasteiger charge is -2.18. The maximum absolute atomic E-state index is 9.41. The van der Waals surface area contributed by atoms with Gasteiger partial charge in [0.2, 0.25) is 0 Å². The Morgan fingerprint density at radius 2 is 1.95 bits per heavy atom. The molecule has 20 heavy (non-hydrogen) atoms. The van der Waals surface area contributed by atoms with E-state index in [1.165, 1.54) is 5.56 Å². The summed E-state index contributed by atoms with van der Waals surface area (Å²) in [5.74, 6) is 0. The number of benzene rings is 1. The van der Waals surface area contributed by atoms with Gasteiger partial charge in [-0.15, -0.1) is 0 Å². The summed E-state index contributed by atoms with van der Waals surface area (Å²) in [5, 5.41) is 21.7. The average Bonchev–Trinajstić information content (AvgIpc) is 2.46. The Kier molecular flexibility index (Phi) is 7.28. The molecule has 0 radical (unpaired) electrons. The average molecular weight is 274 g/mol. The van der Waals surface area contributed by atoms with Crippen LogP contribution in [0, 0.1) is 16.7 Å². The van der Waals surface area contributed by atoms with Gasteiger partial charge in [-0.2, -0.15) is 5.26 Å². The normalized spacial score (nSPS) is 12.9. The Morgan fingerprint density at radius 1 is 1.25 bits per heavy atom. The number of nitriles is 1. The molecule has 0 bridgehead atoms. The molecule has 1 aromatic rings. The van der Waals surface area contributed by atoms with Gasteiger partial charge in [-0.1, -0.05) is 36.8 Å². The van der Waals surface area contributed by atoms with E-state index >= 15 is 0 Å². The Morgan fingerprint density at radius 3 is 2.55 bits per heavy atom. The number of aliphatic hydroxyl groups excluding tert-OH is 1. The maximum Gasteiger partial charge on any atom is 0.0683 e. The molecule has 0 amide bonds. The molecule has 1 unspecified atom stereocenters. The van der Waals surface area contributed by atoms with Gasteiger partial charge < -0.3 is 10.4 Å². The maximum atomic E-state index is 9.41. The summed E-state index contributed by atoms with van der Waals surface area (Å²) in [6.07, 6.45) is 3.85. The zero-order valence-corrected chi connectivity index (χ0v) is 12.6. The molecule has 0 heterocycles. The van der Waals surface area contributed by atoms with Gasteiger partial charge in [-0.05, 0) is 45.2 Å². The molecule has 0 aliphatic heterocycles. The van der Waals surface area contributed by atoms with E-state index in [-0.39, 0.29) is 18.1 Å². The van der Waals surface area contributed by atoms with Crippen molar-refractivity contribution in [3.63, 3.8) is 0 Å². The fourth-order valence-corrected chi connectivity index (χ4v) is 2.15. The molecular formula is C17H26N2O. The minimum absolute atomic E-state index is 0.112. The minimum atomic E-state index is -0.222. The third kappa shape index (κ3) is 6.70. The molecular weight excluding hydrogens is 248 g/mol. The van der Waals surface area contributed by atoms with Crippen LogP contribution in [0.5, 0.6) is 0 Å². The van der Waals surface area contributed by atoms with Gasteiger partial charge in [-0.25, -0.2) is 0 Å². The van der Waals surface area contributed by atoms with E-state index in [4.69, 9.17) is 5.26 Å². The molecule has 0 aliphatic carbocycles. The number of rotatable bonds is 9. The highest BCUT2D eigenvalue weighted by atomic mass is 16.3. The zero-order valence-electron chi connectivity index (χ0n) is 12.6. The topological polar surface area (TPSA) is 56.0 Å². The lowest BCUT2D eigenvalue weighted by atomic mass is 9.89. The Balaban J connectivity index is 2.21. The van der Waals surface area contributed by atoms with Gasteiger partial charge in [0.25, 0.3) is 0 Å². The number of nitrogens with one attached hydrogen (secondary N) is 1. The summed E-state index contributed by atoms with van der Waals surface area (Å²) in [6, 6.07) is 12.6. The molecule has 1 aromatic carbocycles. The van der Waals surface area contributed by atoms with Crippen molar-refractivity contribution >= 4 is 0 Å². The number of unbranched alkanes of at least 4 members (excludes halogenated alkanes) is 1. The summed E-state index contributed by atoms with van der Waals surface area (Å²) < 4.78 is 0. The van der Waals surface area contributed by atoms with E-state index in [0.29, 0.717) is 0 Å². The molecule has 0 aliphatic rings. The minimum Gasteiger partial charge on any atom is -0.395 e. The van der Waals surface area contributed by atoms with Gasteiger partial charge in [-0.3, -0.25) is 0 Å². The first-order chi connectivity index (χ1) is 9.57. The molecule has 2 N–H and O–H groups in total. The largest absolute Gasteiger partial charge is 0.395 e. The van der Waals surface area contributed by atoms with Crippen molar-refractivity contribution in [2.24, 2.45) is 5.41 Å². The van der Waals surface area contributed by atoms with E-state index in [2.05, 4.69) is 23.5 Å². The smallest absolute Gasteiger partial charge is 0.0683 e. The number of nitrogens with zero attached hydrogens (tertiary/aromatic N) is 1. The molecule has 1 rings (SSSR count). The Hall–Kier alpha value is -1.37. The Labute approximate surface area is 122 Å². The van der Waals surface area contributed by atoms with Gasteiger partial charge >= 0.3 is 0 Å². The third-order valence-electron chi connectivity index (χ3n) is 3.51. The van der Waals surface area contributed by atoms with Crippen molar-refractivity contribution in [1.29, 1.82) is 5.26 Å². The summed E-state index contributed by atoms with van der Waals surface area (Å²) in [5.41, 5.74) is 1.02. The molecule has 0 spiro atoms. The van der Waals surface area contributed by atoms with Crippen molar-refractivity contribution in [3.05, 3.63) is 35.9 Å². The third-order valence-corrected chi connectivity index (χ3v) is 3.51. The van der Waals surface area contributed by atoms with Gasteiger partial charge in [0.1, 0.15) is 0 Å². The fourth-order valence-electron chi connectivity index (χ4n) is 2.15. The van der Waals surface area contributed by atoms with Gasteiger partial charge in [0.15, 0.2) is 0 Å². The SMILES string of the molecule is CC(C)(C#N)CCCCNC(CO)Cc1ccccc1. The summed E-state index contributed by atoms with van der Waals surface area (Å²) in [7, 11) is 0. The standard InChI is InChI=1S/C17H26N2O/c1-17(2,14-18)10-6-7-11-19-16(13-20)12-15-8-4-3-5-9-15/h3-5,8-9,16,19-20H,6-7,10-13H2,1-2H3. The predicted molar refractivity (Wildman–Crippen MR) is 82.3 cm³/mol. The molecule has 110 valence electrons. The van der Waals surface area contributed by atoms with E-state index in [1.807, 2.05) is 32.0 Å². The van der Waals surface area contributed by atoms with Crippen LogP contribution in [0.3, 0.4) is 0 Å². The van der Waals surface area contributed by atoms with Crippen molar-refractivity contribution in [2.45, 2.75) is 45.6 Å². The lowest BCUT2D eigenvalue weighted by molar-refractivity contribution is 0.240. The van der Waals surface area contributed by atoms with Crippen molar-refractivity contribution in [3.8, 4) is 6.07 Å². The summed E-state index contributed by atoms with van der Waals surface area (Å²) in [6.45, 7) is 5.00. The highest BCUT2D eigenvalue weighted by Gasteiger charge is 2.15. The second-order valence-corrected chi connectivity index (χ2v) is 5.98. The van der Waals surface area contributed by atoms with Crippen LogP contribution in [-0.2, 0) is 6.42 Å². The van der Waals surface area contributed by atoms with E-state index in [9.17, 15) is 5.11 Å². The van der Waals surface area contributed by atoms with E-state index in [0.717, 1.165) is 32.2 Å². The fraction of sp³-hybridized carbons (Fsp3) is 0.588. The number of hydrogen-bond acceptors (Lipinski definition) is 3. The molecule has 3 heteroatoms. The van der Waals surface area contributed by atoms with Crippen LogP contribution in [0.1, 0.15) is 38.7 Å². The van der Waals surface area contributed by atoms with Crippen molar-refractivity contribution in [2.75, 3.05) is 13.2 Å². The van der Waals surface area contributed by atoms with Crippen LogP contribution < -0.4 is 5.32 Å². The zero-order chi connectivity index (χ0) is 14.8. The van der Waals surface area contributed by atoms with Crippen LogP contribution in [0.4, 0.5) is 0 Å². The number of aliphatic hydroxyl groups is 1. The van der Waals surface area contributed by atoms with Crippen LogP contribution >= 0.6 is 0 Å². The first-order valence-corrected chi connectivity index (χ1v) is 7.37.